The predicted molar refractivity (Wildman–Crippen MR) is 163 cm³/mol. The summed E-state index contributed by atoms with van der Waals surface area (Å²) >= 11 is 0. The monoisotopic (exact) mass is 555 g/mol. The molecule has 6 nitrogen and oxygen atoms in total. The Labute approximate surface area is 237 Å². The molecule has 1 aromatic heterocycles. The molecular formula is C32H49N3O3S. The van der Waals surface area contributed by atoms with Crippen LogP contribution in [0.5, 0.6) is 0 Å². The minimum Gasteiger partial charge on any atom is -0.396 e. The number of unbranched alkanes of at least 4 members (excludes halogenated alkanes) is 2. The van der Waals surface area contributed by atoms with Gasteiger partial charge in [0.15, 0.2) is 0 Å². The van der Waals surface area contributed by atoms with E-state index < -0.39 is 10.8 Å². The van der Waals surface area contributed by atoms with Crippen molar-refractivity contribution >= 4 is 28.2 Å². The number of aliphatic hydroxyl groups excluding tert-OH is 1. The van der Waals surface area contributed by atoms with E-state index in [1.807, 2.05) is 26.0 Å². The second-order valence-corrected chi connectivity index (χ2v) is 11.5. The molecule has 0 bridgehead atoms. The molecular weight excluding hydrogens is 506 g/mol. The molecule has 0 spiro atoms. The van der Waals surface area contributed by atoms with Crippen molar-refractivity contribution in [2.45, 2.75) is 102 Å². The maximum Gasteiger partial charge on any atom is 0.204 e. The Morgan fingerprint density at radius 2 is 1.59 bits per heavy atom. The molecule has 1 heterocycles. The average molecular weight is 556 g/mol. The smallest absolute Gasteiger partial charge is 0.204 e. The lowest BCUT2D eigenvalue weighted by Crippen LogP contribution is -2.16. The van der Waals surface area contributed by atoms with Gasteiger partial charge in [0.2, 0.25) is 6.41 Å². The van der Waals surface area contributed by atoms with Crippen LogP contribution < -0.4 is 5.73 Å². The second-order valence-electron chi connectivity index (χ2n) is 10.1. The lowest BCUT2D eigenvalue weighted by Gasteiger charge is -2.29. The molecule has 2 aliphatic carbocycles. The molecule has 3 N–H and O–H groups in total. The number of fused-ring (bicyclic) bond motifs is 1. The minimum atomic E-state index is -1.01. The summed E-state index contributed by atoms with van der Waals surface area (Å²) in [6.07, 6.45) is 12.9. The molecule has 7 heteroatoms. The molecule has 2 aliphatic rings. The molecule has 1 amide bonds. The number of amides is 1. The van der Waals surface area contributed by atoms with E-state index in [0.29, 0.717) is 18.4 Å². The molecule has 3 aromatic rings. The first-order valence-electron chi connectivity index (χ1n) is 14.7. The number of nitrogens with zero attached hydrogens (tertiary/aromatic N) is 2. The lowest BCUT2D eigenvalue weighted by molar-refractivity contribution is -0.106. The minimum absolute atomic E-state index is 0.250. The zero-order valence-corrected chi connectivity index (χ0v) is 25.2. The van der Waals surface area contributed by atoms with Crippen molar-refractivity contribution in [3.05, 3.63) is 59.9 Å². The van der Waals surface area contributed by atoms with Crippen LogP contribution in [0, 0.1) is 5.92 Å². The molecule has 5 rings (SSSR count). The van der Waals surface area contributed by atoms with E-state index in [1.165, 1.54) is 61.9 Å². The van der Waals surface area contributed by atoms with Crippen molar-refractivity contribution in [3.63, 3.8) is 0 Å². The fourth-order valence-corrected chi connectivity index (χ4v) is 5.90. The average Bonchev–Trinajstić information content (AvgIpc) is 3.73. The zero-order valence-electron chi connectivity index (χ0n) is 24.4. The highest BCUT2D eigenvalue weighted by Gasteiger charge is 2.30. The highest BCUT2D eigenvalue weighted by Crippen LogP contribution is 2.42. The van der Waals surface area contributed by atoms with Crippen molar-refractivity contribution in [2.24, 2.45) is 11.7 Å². The van der Waals surface area contributed by atoms with Crippen molar-refractivity contribution in [3.8, 4) is 0 Å². The highest BCUT2D eigenvalue weighted by atomic mass is 32.2. The number of benzene rings is 2. The van der Waals surface area contributed by atoms with Gasteiger partial charge in [-0.05, 0) is 74.5 Å². The predicted octanol–water partition coefficient (Wildman–Crippen LogP) is 6.92. The second kappa shape index (κ2) is 18.0. The first kappa shape index (κ1) is 32.7. The zero-order chi connectivity index (χ0) is 28.6. The van der Waals surface area contributed by atoms with E-state index in [2.05, 4.69) is 53.6 Å². The summed E-state index contributed by atoms with van der Waals surface area (Å²) in [5, 5.41) is 8.20. The summed E-state index contributed by atoms with van der Waals surface area (Å²) in [7, 11) is -1.01. The van der Waals surface area contributed by atoms with Crippen LogP contribution in [-0.2, 0) is 22.1 Å². The third kappa shape index (κ3) is 9.87. The topological polar surface area (TPSA) is 98.2 Å². The highest BCUT2D eigenvalue weighted by molar-refractivity contribution is 7.84. The first-order valence-corrected chi connectivity index (χ1v) is 16.2. The van der Waals surface area contributed by atoms with Gasteiger partial charge < -0.3 is 15.4 Å². The third-order valence-electron chi connectivity index (χ3n) is 7.34. The molecule has 39 heavy (non-hydrogen) atoms. The maximum atomic E-state index is 12.3. The Kier molecular flexibility index (Phi) is 15.1. The summed E-state index contributed by atoms with van der Waals surface area (Å²) in [6, 6.07) is 17.1. The number of rotatable bonds is 8. The fourth-order valence-electron chi connectivity index (χ4n) is 5.21. The lowest BCUT2D eigenvalue weighted by atomic mass is 9.78. The number of primary amides is 1. The number of aliphatic hydroxyl groups is 1. The summed E-state index contributed by atoms with van der Waals surface area (Å²) in [5.74, 6) is 3.24. The summed E-state index contributed by atoms with van der Waals surface area (Å²) < 4.78 is 14.7. The SMILES string of the molecule is CC.CCCCCO.CS(=O)c1cccc2c1nc(C1CCC(c3ccccc3)CC1)n2CC1CC1.NC=O. The number of aromatic nitrogens is 2. The van der Waals surface area contributed by atoms with Crippen LogP contribution in [0.3, 0.4) is 0 Å². The van der Waals surface area contributed by atoms with E-state index in [1.54, 1.807) is 6.26 Å². The van der Waals surface area contributed by atoms with Gasteiger partial charge in [0, 0.05) is 25.3 Å². The van der Waals surface area contributed by atoms with Gasteiger partial charge in [-0.1, -0.05) is 70.0 Å². The number of hydrogen-bond donors (Lipinski definition) is 2. The van der Waals surface area contributed by atoms with E-state index >= 15 is 0 Å². The van der Waals surface area contributed by atoms with E-state index in [9.17, 15) is 4.21 Å². The van der Waals surface area contributed by atoms with Gasteiger partial charge in [0.1, 0.15) is 11.3 Å². The van der Waals surface area contributed by atoms with Gasteiger partial charge in [-0.15, -0.1) is 0 Å². The van der Waals surface area contributed by atoms with Crippen LogP contribution >= 0.6 is 0 Å². The molecule has 216 valence electrons. The van der Waals surface area contributed by atoms with Crippen LogP contribution in [-0.4, -0.2) is 38.1 Å². The normalized spacial score (nSPS) is 18.9. The van der Waals surface area contributed by atoms with Crippen LogP contribution in [0.1, 0.15) is 102 Å². The Bertz CT molecular complexity index is 1120. The molecule has 0 aliphatic heterocycles. The van der Waals surface area contributed by atoms with Crippen LogP contribution in [0.2, 0.25) is 0 Å². The molecule has 0 radical (unpaired) electrons. The maximum absolute atomic E-state index is 12.3. The molecule has 2 saturated carbocycles. The molecule has 1 unspecified atom stereocenters. The van der Waals surface area contributed by atoms with E-state index in [4.69, 9.17) is 14.9 Å². The fraction of sp³-hybridized carbons (Fsp3) is 0.562. The Hall–Kier alpha value is -2.51. The van der Waals surface area contributed by atoms with Crippen LogP contribution in [0.25, 0.3) is 11.0 Å². The summed E-state index contributed by atoms with van der Waals surface area (Å²) in [5.41, 5.74) is 7.79. The van der Waals surface area contributed by atoms with Crippen molar-refractivity contribution < 1.29 is 14.1 Å². The van der Waals surface area contributed by atoms with Crippen molar-refractivity contribution in [2.75, 3.05) is 12.9 Å². The number of carbonyl (C=O) groups is 1. The Morgan fingerprint density at radius 1 is 0.974 bits per heavy atom. The van der Waals surface area contributed by atoms with Crippen LogP contribution in [0.15, 0.2) is 53.4 Å². The van der Waals surface area contributed by atoms with Crippen molar-refractivity contribution in [1.29, 1.82) is 0 Å². The summed E-state index contributed by atoms with van der Waals surface area (Å²) in [4.78, 5) is 14.6. The molecule has 1 atom stereocenters. The molecule has 2 fully saturated rings. The summed E-state index contributed by atoms with van der Waals surface area (Å²) in [6.45, 7) is 7.55. The van der Waals surface area contributed by atoms with Gasteiger partial charge in [0.05, 0.1) is 21.2 Å². The first-order chi connectivity index (χ1) is 19.0. The number of para-hydroxylation sites is 1. The Balaban J connectivity index is 0.000000419. The van der Waals surface area contributed by atoms with Gasteiger partial charge in [-0.25, -0.2) is 4.98 Å². The number of imidazole rings is 1. The number of nitrogens with two attached hydrogens (primary N) is 1. The molecule has 0 saturated heterocycles. The van der Waals surface area contributed by atoms with Crippen molar-refractivity contribution in [1.82, 2.24) is 9.55 Å². The quantitative estimate of drug-likeness (QED) is 0.233. The van der Waals surface area contributed by atoms with Gasteiger partial charge in [-0.3, -0.25) is 9.00 Å². The largest absolute Gasteiger partial charge is 0.396 e. The van der Waals surface area contributed by atoms with Crippen LogP contribution in [0.4, 0.5) is 0 Å². The Morgan fingerprint density at radius 3 is 2.10 bits per heavy atom. The number of carbonyl (C=O) groups excluding carboxylic acids is 1. The third-order valence-corrected chi connectivity index (χ3v) is 8.29. The standard InChI is InChI=1S/C24H28N2OS.C5H12O.C2H6.CH3NO/c1-28(27)22-9-5-8-21-23(22)25-24(26(21)16-17-10-11-17)20-14-12-19(13-15-20)18-6-3-2-4-7-18;1-2-3-4-5-6;1-2;2-1-3/h2-9,17,19-20H,10-16H2,1H3;6H,2-5H2,1H3;1-2H3;1H,(H2,2,3). The molecule has 2 aromatic carbocycles. The van der Waals surface area contributed by atoms with Gasteiger partial charge >= 0.3 is 0 Å². The van der Waals surface area contributed by atoms with Gasteiger partial charge in [0.25, 0.3) is 0 Å². The van der Waals surface area contributed by atoms with Gasteiger partial charge in [-0.2, -0.15) is 0 Å². The number of hydrogen-bond acceptors (Lipinski definition) is 4. The van der Waals surface area contributed by atoms with E-state index in [-0.39, 0.29) is 6.41 Å². The van der Waals surface area contributed by atoms with E-state index in [0.717, 1.165) is 35.7 Å².